The van der Waals surface area contributed by atoms with E-state index in [9.17, 15) is 5.11 Å². The molecule has 0 saturated carbocycles. The zero-order valence-electron chi connectivity index (χ0n) is 6.72. The predicted molar refractivity (Wildman–Crippen MR) is 47.6 cm³/mol. The van der Waals surface area contributed by atoms with E-state index < -0.39 is 6.10 Å². The first-order valence-electron chi connectivity index (χ1n) is 3.85. The minimum absolute atomic E-state index is 0.0378. The van der Waals surface area contributed by atoms with Crippen LogP contribution in [0, 0.1) is 0 Å². The third kappa shape index (κ3) is 2.49. The van der Waals surface area contributed by atoms with Gasteiger partial charge in [-0.15, -0.1) is 0 Å². The van der Waals surface area contributed by atoms with Crippen LogP contribution in [0.1, 0.15) is 11.7 Å². The van der Waals surface area contributed by atoms with Crippen LogP contribution in [-0.2, 0) is 0 Å². The van der Waals surface area contributed by atoms with Gasteiger partial charge in [-0.2, -0.15) is 0 Å². The van der Waals surface area contributed by atoms with Crippen molar-refractivity contribution in [2.24, 2.45) is 0 Å². The van der Waals surface area contributed by atoms with Crippen LogP contribution in [0.2, 0.25) is 0 Å². The molecule has 1 unspecified atom stereocenters. The second-order valence-electron chi connectivity index (χ2n) is 2.47. The van der Waals surface area contributed by atoms with Crippen LogP contribution in [0.15, 0.2) is 42.5 Å². The van der Waals surface area contributed by atoms with Crippen LogP contribution in [-0.4, -0.2) is 16.8 Å². The Morgan fingerprint density at radius 3 is 2.50 bits per heavy atom. The average molecular weight is 164 g/mol. The average Bonchev–Trinajstić information content (AvgIpc) is 2.15. The zero-order valence-corrected chi connectivity index (χ0v) is 6.72. The smallest absolute Gasteiger partial charge is 0.0972 e. The Bertz CT molecular complexity index is 241. The van der Waals surface area contributed by atoms with Crippen molar-refractivity contribution in [1.82, 2.24) is 0 Å². The Hall–Kier alpha value is -1.12. The molecule has 1 rings (SSSR count). The molecule has 0 bridgehead atoms. The van der Waals surface area contributed by atoms with E-state index >= 15 is 0 Å². The van der Waals surface area contributed by atoms with Gasteiger partial charge in [0.1, 0.15) is 0 Å². The van der Waals surface area contributed by atoms with Gasteiger partial charge < -0.3 is 10.2 Å². The first-order valence-corrected chi connectivity index (χ1v) is 3.85. The molecular formula is C10H12O2. The number of hydrogen-bond acceptors (Lipinski definition) is 2. The van der Waals surface area contributed by atoms with E-state index in [1.165, 1.54) is 6.08 Å². The van der Waals surface area contributed by atoms with Gasteiger partial charge >= 0.3 is 0 Å². The summed E-state index contributed by atoms with van der Waals surface area (Å²) in [5.74, 6) is 0. The Morgan fingerprint density at radius 2 is 1.92 bits per heavy atom. The molecule has 0 spiro atoms. The van der Waals surface area contributed by atoms with E-state index in [-0.39, 0.29) is 6.61 Å². The van der Waals surface area contributed by atoms with Gasteiger partial charge in [-0.25, -0.2) is 0 Å². The lowest BCUT2D eigenvalue weighted by molar-refractivity contribution is 0.227. The lowest BCUT2D eigenvalue weighted by Gasteiger charge is -2.03. The van der Waals surface area contributed by atoms with E-state index in [0.29, 0.717) is 0 Å². The Kier molecular flexibility index (Phi) is 3.51. The molecule has 64 valence electrons. The molecule has 1 atom stereocenters. The van der Waals surface area contributed by atoms with Gasteiger partial charge in [0.2, 0.25) is 0 Å². The van der Waals surface area contributed by atoms with Crippen LogP contribution in [0.25, 0.3) is 0 Å². The van der Waals surface area contributed by atoms with Crippen LogP contribution in [0.3, 0.4) is 0 Å². The molecule has 1 aromatic carbocycles. The minimum atomic E-state index is -0.613. The lowest BCUT2D eigenvalue weighted by atomic mass is 10.1. The van der Waals surface area contributed by atoms with E-state index in [1.54, 1.807) is 6.08 Å². The SMILES string of the molecule is OC/C=C/C(O)c1ccccc1. The summed E-state index contributed by atoms with van der Waals surface area (Å²) in [5, 5.41) is 17.9. The van der Waals surface area contributed by atoms with Gasteiger partial charge in [-0.05, 0) is 5.56 Å². The molecule has 1 aromatic rings. The summed E-state index contributed by atoms with van der Waals surface area (Å²) in [7, 11) is 0. The molecule has 2 heteroatoms. The molecular weight excluding hydrogens is 152 g/mol. The van der Waals surface area contributed by atoms with Crippen molar-refractivity contribution in [3.63, 3.8) is 0 Å². The third-order valence-corrected chi connectivity index (χ3v) is 1.56. The largest absolute Gasteiger partial charge is 0.392 e. The van der Waals surface area contributed by atoms with Crippen molar-refractivity contribution in [3.8, 4) is 0 Å². The van der Waals surface area contributed by atoms with Crippen molar-refractivity contribution in [2.75, 3.05) is 6.61 Å². The number of rotatable bonds is 3. The highest BCUT2D eigenvalue weighted by Crippen LogP contribution is 2.12. The summed E-state index contributed by atoms with van der Waals surface area (Å²) in [5.41, 5.74) is 0.835. The summed E-state index contributed by atoms with van der Waals surface area (Å²) in [4.78, 5) is 0. The summed E-state index contributed by atoms with van der Waals surface area (Å²) >= 11 is 0. The number of aliphatic hydroxyl groups is 2. The molecule has 0 fully saturated rings. The second-order valence-corrected chi connectivity index (χ2v) is 2.47. The fourth-order valence-corrected chi connectivity index (χ4v) is 0.951. The van der Waals surface area contributed by atoms with Gasteiger partial charge in [-0.3, -0.25) is 0 Å². The van der Waals surface area contributed by atoms with Crippen molar-refractivity contribution >= 4 is 0 Å². The molecule has 0 radical (unpaired) electrons. The Labute approximate surface area is 71.8 Å². The maximum Gasteiger partial charge on any atom is 0.0972 e. The maximum atomic E-state index is 9.45. The molecule has 0 heterocycles. The van der Waals surface area contributed by atoms with Crippen molar-refractivity contribution < 1.29 is 10.2 Å². The molecule has 0 amide bonds. The highest BCUT2D eigenvalue weighted by atomic mass is 16.3. The normalized spacial score (nSPS) is 13.5. The maximum absolute atomic E-state index is 9.45. The van der Waals surface area contributed by atoms with Crippen molar-refractivity contribution in [2.45, 2.75) is 6.10 Å². The summed E-state index contributed by atoms with van der Waals surface area (Å²) in [6, 6.07) is 9.31. The summed E-state index contributed by atoms with van der Waals surface area (Å²) < 4.78 is 0. The highest BCUT2D eigenvalue weighted by Gasteiger charge is 1.99. The van der Waals surface area contributed by atoms with E-state index in [4.69, 9.17) is 5.11 Å². The number of aliphatic hydroxyl groups excluding tert-OH is 2. The van der Waals surface area contributed by atoms with Crippen LogP contribution in [0.5, 0.6) is 0 Å². The lowest BCUT2D eigenvalue weighted by Crippen LogP contribution is -1.92. The molecule has 2 N–H and O–H groups in total. The Balaban J connectivity index is 2.65. The quantitative estimate of drug-likeness (QED) is 0.660. The first-order chi connectivity index (χ1) is 5.84. The fourth-order valence-electron chi connectivity index (χ4n) is 0.951. The van der Waals surface area contributed by atoms with Gasteiger partial charge in [0.05, 0.1) is 12.7 Å². The molecule has 12 heavy (non-hydrogen) atoms. The van der Waals surface area contributed by atoms with E-state index in [1.807, 2.05) is 30.3 Å². The number of benzene rings is 1. The van der Waals surface area contributed by atoms with Crippen LogP contribution in [0.4, 0.5) is 0 Å². The van der Waals surface area contributed by atoms with Gasteiger partial charge in [0.15, 0.2) is 0 Å². The monoisotopic (exact) mass is 164 g/mol. The van der Waals surface area contributed by atoms with Gasteiger partial charge in [-0.1, -0.05) is 42.5 Å². The first kappa shape index (κ1) is 8.97. The van der Waals surface area contributed by atoms with Crippen molar-refractivity contribution in [3.05, 3.63) is 48.0 Å². The predicted octanol–water partition coefficient (Wildman–Crippen LogP) is 1.27. The van der Waals surface area contributed by atoms with Crippen LogP contribution < -0.4 is 0 Å². The van der Waals surface area contributed by atoms with E-state index in [2.05, 4.69) is 0 Å². The zero-order chi connectivity index (χ0) is 8.81. The van der Waals surface area contributed by atoms with E-state index in [0.717, 1.165) is 5.56 Å². The molecule has 0 aromatic heterocycles. The van der Waals surface area contributed by atoms with Gasteiger partial charge in [0, 0.05) is 0 Å². The fraction of sp³-hybridized carbons (Fsp3) is 0.200. The Morgan fingerprint density at radius 1 is 1.25 bits per heavy atom. The molecule has 0 saturated heterocycles. The van der Waals surface area contributed by atoms with Crippen molar-refractivity contribution in [1.29, 1.82) is 0 Å². The second kappa shape index (κ2) is 4.70. The van der Waals surface area contributed by atoms with Gasteiger partial charge in [0.25, 0.3) is 0 Å². The summed E-state index contributed by atoms with van der Waals surface area (Å²) in [6.45, 7) is -0.0378. The topological polar surface area (TPSA) is 40.5 Å². The minimum Gasteiger partial charge on any atom is -0.392 e. The molecule has 2 nitrogen and oxygen atoms in total. The molecule has 0 aliphatic carbocycles. The molecule has 0 aliphatic heterocycles. The summed E-state index contributed by atoms with van der Waals surface area (Å²) in [6.07, 6.45) is 2.48. The molecule has 0 aliphatic rings. The highest BCUT2D eigenvalue weighted by molar-refractivity contribution is 5.20. The third-order valence-electron chi connectivity index (χ3n) is 1.56. The number of hydrogen-bond donors (Lipinski definition) is 2. The standard InChI is InChI=1S/C10H12O2/c11-8-4-7-10(12)9-5-2-1-3-6-9/h1-7,10-12H,8H2/b7-4+. The van der Waals surface area contributed by atoms with Crippen LogP contribution >= 0.6 is 0 Å².